The second-order valence-corrected chi connectivity index (χ2v) is 3.53. The summed E-state index contributed by atoms with van der Waals surface area (Å²) in [5.74, 6) is -0.202. The molecule has 0 radical (unpaired) electrons. The highest BCUT2D eigenvalue weighted by Gasteiger charge is 2.09. The summed E-state index contributed by atoms with van der Waals surface area (Å²) in [6.07, 6.45) is 0.987. The quantitative estimate of drug-likeness (QED) is 0.662. The Morgan fingerprint density at radius 1 is 1.73 bits per heavy atom. The van der Waals surface area contributed by atoms with Gasteiger partial charge in [-0.1, -0.05) is 6.92 Å². The third-order valence-corrected chi connectivity index (χ3v) is 2.09. The molecule has 0 aliphatic rings. The van der Waals surface area contributed by atoms with Gasteiger partial charge < -0.3 is 10.4 Å². The van der Waals surface area contributed by atoms with Crippen LogP contribution in [-0.4, -0.2) is 33.9 Å². The highest BCUT2D eigenvalue weighted by Crippen LogP contribution is 2.00. The predicted octanol–water partition coefficient (Wildman–Crippen LogP) is 0.473. The Balaban J connectivity index is 2.40. The van der Waals surface area contributed by atoms with Gasteiger partial charge in [-0.05, 0) is 25.8 Å². The van der Waals surface area contributed by atoms with Crippen molar-refractivity contribution in [1.29, 1.82) is 0 Å². The Kier molecular flexibility index (Phi) is 4.30. The van der Waals surface area contributed by atoms with E-state index >= 15 is 0 Å². The van der Waals surface area contributed by atoms with E-state index in [4.69, 9.17) is 5.11 Å². The fraction of sp³-hybridized carbons (Fsp3) is 0.600. The van der Waals surface area contributed by atoms with Crippen molar-refractivity contribution in [3.05, 3.63) is 17.5 Å². The normalized spacial score (nSPS) is 12.5. The molecule has 3 N–H and O–H groups in total. The number of aliphatic hydroxyl groups is 1. The number of carbonyl (C=O) groups excluding carboxylic acids is 1. The lowest BCUT2D eigenvalue weighted by Crippen LogP contribution is -2.26. The van der Waals surface area contributed by atoms with Crippen LogP contribution in [0.15, 0.2) is 6.07 Å². The standard InChI is InChI=1S/C10H17N3O2/c1-3-8-6-9(13-12-8)10(15)11-5-4-7(2)14/h6-7,14H,3-5H2,1-2H3,(H,11,15)(H,12,13). The number of rotatable bonds is 5. The molecule has 0 aromatic carbocycles. The van der Waals surface area contributed by atoms with E-state index in [1.165, 1.54) is 0 Å². The SMILES string of the molecule is CCc1cc(C(=O)NCCC(C)O)n[nH]1. The van der Waals surface area contributed by atoms with Gasteiger partial charge in [0.2, 0.25) is 0 Å². The molecule has 0 fully saturated rings. The van der Waals surface area contributed by atoms with E-state index in [1.54, 1.807) is 13.0 Å². The van der Waals surface area contributed by atoms with Crippen molar-refractivity contribution in [3.8, 4) is 0 Å². The summed E-state index contributed by atoms with van der Waals surface area (Å²) in [6, 6.07) is 1.73. The number of aryl methyl sites for hydroxylation is 1. The van der Waals surface area contributed by atoms with Gasteiger partial charge >= 0.3 is 0 Å². The Morgan fingerprint density at radius 2 is 2.47 bits per heavy atom. The maximum absolute atomic E-state index is 11.5. The topological polar surface area (TPSA) is 78.0 Å². The molecule has 1 unspecified atom stereocenters. The largest absolute Gasteiger partial charge is 0.393 e. The molecule has 5 heteroatoms. The molecule has 0 saturated heterocycles. The first kappa shape index (κ1) is 11.7. The lowest BCUT2D eigenvalue weighted by atomic mass is 10.2. The molecule has 1 heterocycles. The molecule has 1 aromatic heterocycles. The fourth-order valence-electron chi connectivity index (χ4n) is 1.14. The second kappa shape index (κ2) is 5.50. The van der Waals surface area contributed by atoms with Crippen LogP contribution in [0.3, 0.4) is 0 Å². The van der Waals surface area contributed by atoms with E-state index in [2.05, 4.69) is 15.5 Å². The summed E-state index contributed by atoms with van der Waals surface area (Å²) in [5.41, 5.74) is 1.34. The first-order valence-corrected chi connectivity index (χ1v) is 5.14. The monoisotopic (exact) mass is 211 g/mol. The number of nitrogens with one attached hydrogen (secondary N) is 2. The molecule has 0 aliphatic carbocycles. The highest BCUT2D eigenvalue weighted by atomic mass is 16.3. The predicted molar refractivity (Wildman–Crippen MR) is 56.6 cm³/mol. The van der Waals surface area contributed by atoms with E-state index in [0.717, 1.165) is 12.1 Å². The summed E-state index contributed by atoms with van der Waals surface area (Å²) in [6.45, 7) is 4.14. The van der Waals surface area contributed by atoms with E-state index in [1.807, 2.05) is 6.92 Å². The van der Waals surface area contributed by atoms with E-state index in [9.17, 15) is 4.79 Å². The number of nitrogens with zero attached hydrogens (tertiary/aromatic N) is 1. The van der Waals surface area contributed by atoms with Gasteiger partial charge in [-0.3, -0.25) is 9.89 Å². The zero-order valence-corrected chi connectivity index (χ0v) is 9.08. The minimum Gasteiger partial charge on any atom is -0.393 e. The van der Waals surface area contributed by atoms with Gasteiger partial charge in [-0.25, -0.2) is 0 Å². The minimum absolute atomic E-state index is 0.202. The van der Waals surface area contributed by atoms with Crippen LogP contribution in [0.2, 0.25) is 0 Å². The average molecular weight is 211 g/mol. The number of hydrogen-bond donors (Lipinski definition) is 3. The minimum atomic E-state index is -0.393. The number of aliphatic hydroxyl groups excluding tert-OH is 1. The smallest absolute Gasteiger partial charge is 0.271 e. The van der Waals surface area contributed by atoms with Gasteiger partial charge in [-0.15, -0.1) is 0 Å². The lowest BCUT2D eigenvalue weighted by molar-refractivity contribution is 0.0940. The number of carbonyl (C=O) groups is 1. The van der Waals surface area contributed by atoms with Gasteiger partial charge in [0, 0.05) is 12.2 Å². The molecule has 15 heavy (non-hydrogen) atoms. The van der Waals surface area contributed by atoms with Gasteiger partial charge in [0.25, 0.3) is 5.91 Å². The van der Waals surface area contributed by atoms with Crippen LogP contribution >= 0.6 is 0 Å². The van der Waals surface area contributed by atoms with Crippen LogP contribution in [0.5, 0.6) is 0 Å². The number of aromatic nitrogens is 2. The van der Waals surface area contributed by atoms with E-state index in [-0.39, 0.29) is 5.91 Å². The molecule has 1 aromatic rings. The van der Waals surface area contributed by atoms with Crippen LogP contribution in [0.25, 0.3) is 0 Å². The number of H-pyrrole nitrogens is 1. The highest BCUT2D eigenvalue weighted by molar-refractivity contribution is 5.92. The van der Waals surface area contributed by atoms with E-state index in [0.29, 0.717) is 18.7 Å². The van der Waals surface area contributed by atoms with Crippen molar-refractivity contribution < 1.29 is 9.90 Å². The number of aromatic amines is 1. The molecular weight excluding hydrogens is 194 g/mol. The van der Waals surface area contributed by atoms with Crippen LogP contribution < -0.4 is 5.32 Å². The van der Waals surface area contributed by atoms with Gasteiger partial charge in [0.1, 0.15) is 5.69 Å². The third-order valence-electron chi connectivity index (χ3n) is 2.09. The van der Waals surface area contributed by atoms with Crippen LogP contribution in [0.1, 0.15) is 36.5 Å². The zero-order chi connectivity index (χ0) is 11.3. The molecule has 0 saturated carbocycles. The summed E-state index contributed by atoms with van der Waals surface area (Å²) >= 11 is 0. The molecule has 5 nitrogen and oxygen atoms in total. The molecule has 1 atom stereocenters. The van der Waals surface area contributed by atoms with Crippen LogP contribution in [0.4, 0.5) is 0 Å². The first-order valence-electron chi connectivity index (χ1n) is 5.14. The molecule has 1 amide bonds. The summed E-state index contributed by atoms with van der Waals surface area (Å²) in [5, 5.41) is 18.4. The van der Waals surface area contributed by atoms with Gasteiger partial charge in [0.15, 0.2) is 0 Å². The van der Waals surface area contributed by atoms with Crippen molar-refractivity contribution in [2.24, 2.45) is 0 Å². The number of hydrogen-bond acceptors (Lipinski definition) is 3. The van der Waals surface area contributed by atoms with Crippen LogP contribution in [-0.2, 0) is 6.42 Å². The average Bonchev–Trinajstić information content (AvgIpc) is 2.65. The Morgan fingerprint density at radius 3 is 3.00 bits per heavy atom. The van der Waals surface area contributed by atoms with Gasteiger partial charge in [0.05, 0.1) is 6.10 Å². The second-order valence-electron chi connectivity index (χ2n) is 3.53. The molecule has 0 spiro atoms. The molecular formula is C10H17N3O2. The fourth-order valence-corrected chi connectivity index (χ4v) is 1.14. The molecule has 0 bridgehead atoms. The van der Waals surface area contributed by atoms with Crippen molar-refractivity contribution in [3.63, 3.8) is 0 Å². The summed E-state index contributed by atoms with van der Waals surface area (Å²) < 4.78 is 0. The Hall–Kier alpha value is -1.36. The maximum atomic E-state index is 11.5. The van der Waals surface area contributed by atoms with Crippen LogP contribution in [0, 0.1) is 0 Å². The first-order chi connectivity index (χ1) is 7.13. The van der Waals surface area contributed by atoms with Crippen molar-refractivity contribution in [1.82, 2.24) is 15.5 Å². The summed E-state index contributed by atoms with van der Waals surface area (Å²) in [7, 11) is 0. The van der Waals surface area contributed by atoms with Crippen molar-refractivity contribution >= 4 is 5.91 Å². The summed E-state index contributed by atoms with van der Waals surface area (Å²) in [4.78, 5) is 11.5. The Bertz CT molecular complexity index is 320. The number of amides is 1. The zero-order valence-electron chi connectivity index (χ0n) is 9.08. The third kappa shape index (κ3) is 3.71. The van der Waals surface area contributed by atoms with Gasteiger partial charge in [-0.2, -0.15) is 5.10 Å². The van der Waals surface area contributed by atoms with E-state index < -0.39 is 6.10 Å². The molecule has 84 valence electrons. The van der Waals surface area contributed by atoms with Crippen molar-refractivity contribution in [2.45, 2.75) is 32.8 Å². The van der Waals surface area contributed by atoms with Crippen molar-refractivity contribution in [2.75, 3.05) is 6.54 Å². The molecule has 0 aliphatic heterocycles. The molecule has 1 rings (SSSR count). The lowest BCUT2D eigenvalue weighted by Gasteiger charge is -2.04. The maximum Gasteiger partial charge on any atom is 0.271 e. The Labute approximate surface area is 88.9 Å².